The molecule has 0 bridgehead atoms. The lowest BCUT2D eigenvalue weighted by atomic mass is 9.73. The predicted octanol–water partition coefficient (Wildman–Crippen LogP) is 6.00. The van der Waals surface area contributed by atoms with E-state index in [4.69, 9.17) is 4.98 Å². The van der Waals surface area contributed by atoms with E-state index in [1.807, 2.05) is 17.4 Å². The standard InChI is InChI=1S/C23H23NOS/c1-23(2)12-16-21(17(25)13-23)19(14-8-4-3-5-9-14)20-15-10-6-7-11-18(15)26-22(20)24-16/h3-5,8-9H,6-7,10-13H2,1-2H3. The fraction of sp³-hybridized carbons (Fsp3) is 0.391. The van der Waals surface area contributed by atoms with Crippen molar-refractivity contribution in [3.05, 3.63) is 52.0 Å². The van der Waals surface area contributed by atoms with Gasteiger partial charge in [-0.2, -0.15) is 0 Å². The molecule has 3 heteroatoms. The molecule has 0 radical (unpaired) electrons. The van der Waals surface area contributed by atoms with E-state index in [1.165, 1.54) is 28.7 Å². The summed E-state index contributed by atoms with van der Waals surface area (Å²) in [4.78, 5) is 20.9. The first-order valence-electron chi connectivity index (χ1n) is 9.59. The van der Waals surface area contributed by atoms with Gasteiger partial charge in [0.2, 0.25) is 0 Å². The molecule has 0 aliphatic heterocycles. The smallest absolute Gasteiger partial charge is 0.165 e. The Morgan fingerprint density at radius 2 is 1.77 bits per heavy atom. The summed E-state index contributed by atoms with van der Waals surface area (Å²) in [5.41, 5.74) is 5.68. The molecule has 2 aromatic heterocycles. The average Bonchev–Trinajstić information content (AvgIpc) is 2.97. The molecule has 0 amide bonds. The van der Waals surface area contributed by atoms with Crippen LogP contribution in [-0.4, -0.2) is 10.8 Å². The number of hydrogen-bond donors (Lipinski definition) is 0. The molecule has 0 atom stereocenters. The van der Waals surface area contributed by atoms with E-state index in [0.29, 0.717) is 6.42 Å². The van der Waals surface area contributed by atoms with Gasteiger partial charge in [0, 0.05) is 27.8 Å². The molecule has 2 heterocycles. The van der Waals surface area contributed by atoms with E-state index in [0.717, 1.165) is 46.5 Å². The molecule has 0 spiro atoms. The molecule has 3 aromatic rings. The maximum Gasteiger partial charge on any atom is 0.165 e. The molecular formula is C23H23NOS. The monoisotopic (exact) mass is 361 g/mol. The number of rotatable bonds is 1. The molecule has 2 nitrogen and oxygen atoms in total. The lowest BCUT2D eigenvalue weighted by Crippen LogP contribution is -2.28. The number of benzene rings is 1. The number of aromatic nitrogens is 1. The maximum atomic E-state index is 13.2. The van der Waals surface area contributed by atoms with Gasteiger partial charge < -0.3 is 0 Å². The van der Waals surface area contributed by atoms with Crippen molar-refractivity contribution in [2.45, 2.75) is 52.4 Å². The molecule has 1 aromatic carbocycles. The van der Waals surface area contributed by atoms with Gasteiger partial charge in [-0.3, -0.25) is 4.79 Å². The number of thiophene rings is 1. The molecule has 0 saturated carbocycles. The lowest BCUT2D eigenvalue weighted by Gasteiger charge is -2.31. The van der Waals surface area contributed by atoms with Crippen LogP contribution < -0.4 is 0 Å². The number of nitrogens with zero attached hydrogens (tertiary/aromatic N) is 1. The van der Waals surface area contributed by atoms with Gasteiger partial charge in [0.05, 0.1) is 5.69 Å². The maximum absolute atomic E-state index is 13.2. The first-order valence-corrected chi connectivity index (χ1v) is 10.4. The van der Waals surface area contributed by atoms with Crippen LogP contribution in [0.4, 0.5) is 0 Å². The second kappa shape index (κ2) is 5.75. The number of hydrogen-bond acceptors (Lipinski definition) is 3. The molecule has 0 saturated heterocycles. The Kier molecular flexibility index (Phi) is 3.58. The highest BCUT2D eigenvalue weighted by Crippen LogP contribution is 2.46. The van der Waals surface area contributed by atoms with Crippen molar-refractivity contribution in [2.75, 3.05) is 0 Å². The van der Waals surface area contributed by atoms with Gasteiger partial charge in [-0.25, -0.2) is 4.98 Å². The van der Waals surface area contributed by atoms with Gasteiger partial charge in [-0.1, -0.05) is 44.2 Å². The van der Waals surface area contributed by atoms with Crippen molar-refractivity contribution in [1.29, 1.82) is 0 Å². The highest BCUT2D eigenvalue weighted by Gasteiger charge is 2.36. The summed E-state index contributed by atoms with van der Waals surface area (Å²) >= 11 is 1.86. The van der Waals surface area contributed by atoms with Crippen LogP contribution in [0.5, 0.6) is 0 Å². The Labute approximate surface area is 158 Å². The third kappa shape index (κ3) is 2.44. The Morgan fingerprint density at radius 3 is 2.58 bits per heavy atom. The highest BCUT2D eigenvalue weighted by atomic mass is 32.1. The molecule has 2 aliphatic rings. The highest BCUT2D eigenvalue weighted by molar-refractivity contribution is 7.19. The number of Topliss-reactive ketones (excluding diaryl/α,β-unsaturated/α-hetero) is 1. The van der Waals surface area contributed by atoms with Gasteiger partial charge in [-0.05, 0) is 48.6 Å². The van der Waals surface area contributed by atoms with Crippen LogP contribution in [0, 0.1) is 5.41 Å². The SMILES string of the molecule is CC1(C)CC(=O)c2c(nc3sc4c(c3c2-c2ccccc2)CCCC4)C1. The largest absolute Gasteiger partial charge is 0.294 e. The third-order valence-corrected chi connectivity index (χ3v) is 6.99. The second-order valence-corrected chi connectivity index (χ2v) is 9.59. The van der Waals surface area contributed by atoms with Crippen molar-refractivity contribution in [2.24, 2.45) is 5.41 Å². The van der Waals surface area contributed by atoms with E-state index in [1.54, 1.807) is 0 Å². The topological polar surface area (TPSA) is 30.0 Å². The van der Waals surface area contributed by atoms with E-state index < -0.39 is 0 Å². The van der Waals surface area contributed by atoms with Crippen molar-refractivity contribution in [1.82, 2.24) is 4.98 Å². The van der Waals surface area contributed by atoms with E-state index in [2.05, 4.69) is 38.1 Å². The number of carbonyl (C=O) groups excluding carboxylic acids is 1. The zero-order chi connectivity index (χ0) is 17.9. The van der Waals surface area contributed by atoms with Gasteiger partial charge in [-0.15, -0.1) is 11.3 Å². The molecule has 5 rings (SSSR count). The normalized spacial score (nSPS) is 18.6. The quantitative estimate of drug-likeness (QED) is 0.532. The van der Waals surface area contributed by atoms with Crippen LogP contribution in [-0.2, 0) is 19.3 Å². The Bertz CT molecular complexity index is 1030. The van der Waals surface area contributed by atoms with Crippen LogP contribution in [0.1, 0.15) is 59.6 Å². The molecule has 0 unspecified atom stereocenters. The third-order valence-electron chi connectivity index (χ3n) is 5.80. The van der Waals surface area contributed by atoms with Gasteiger partial charge in [0.15, 0.2) is 5.78 Å². The number of pyridine rings is 1. The van der Waals surface area contributed by atoms with Crippen LogP contribution in [0.3, 0.4) is 0 Å². The minimum atomic E-state index is -0.00437. The minimum absolute atomic E-state index is 0.00437. The lowest BCUT2D eigenvalue weighted by molar-refractivity contribution is 0.0911. The fourth-order valence-corrected chi connectivity index (χ4v) is 5.99. The Morgan fingerprint density at radius 1 is 1.00 bits per heavy atom. The number of ketones is 1. The Balaban J connectivity index is 1.90. The van der Waals surface area contributed by atoms with Crippen molar-refractivity contribution in [3.8, 4) is 11.1 Å². The molecule has 2 aliphatic carbocycles. The molecule has 26 heavy (non-hydrogen) atoms. The average molecular weight is 362 g/mol. The first kappa shape index (κ1) is 16.2. The molecule has 132 valence electrons. The number of carbonyl (C=O) groups is 1. The van der Waals surface area contributed by atoms with E-state index in [9.17, 15) is 4.79 Å². The second-order valence-electron chi connectivity index (χ2n) is 8.51. The Hall–Kier alpha value is -2.00. The summed E-state index contributed by atoms with van der Waals surface area (Å²) < 4.78 is 0. The zero-order valence-electron chi connectivity index (χ0n) is 15.4. The van der Waals surface area contributed by atoms with Crippen molar-refractivity contribution in [3.63, 3.8) is 0 Å². The minimum Gasteiger partial charge on any atom is -0.294 e. The number of fused-ring (bicyclic) bond motifs is 4. The summed E-state index contributed by atoms with van der Waals surface area (Å²) in [5, 5.41) is 1.27. The van der Waals surface area contributed by atoms with Gasteiger partial charge in [0.1, 0.15) is 4.83 Å². The van der Waals surface area contributed by atoms with Crippen LogP contribution >= 0.6 is 11.3 Å². The zero-order valence-corrected chi connectivity index (χ0v) is 16.2. The molecule has 0 N–H and O–H groups in total. The number of aryl methyl sites for hydroxylation is 2. The summed E-state index contributed by atoms with van der Waals surface area (Å²) in [6, 6.07) is 10.5. The van der Waals surface area contributed by atoms with Crippen molar-refractivity contribution < 1.29 is 4.79 Å². The summed E-state index contributed by atoms with van der Waals surface area (Å²) in [7, 11) is 0. The fourth-order valence-electron chi connectivity index (χ4n) is 4.70. The van der Waals surface area contributed by atoms with Crippen LogP contribution in [0.2, 0.25) is 0 Å². The summed E-state index contributed by atoms with van der Waals surface area (Å²) in [6.45, 7) is 4.36. The summed E-state index contributed by atoms with van der Waals surface area (Å²) in [6.07, 6.45) is 6.28. The molecule has 0 fully saturated rings. The summed E-state index contributed by atoms with van der Waals surface area (Å²) in [5.74, 6) is 0.264. The van der Waals surface area contributed by atoms with E-state index in [-0.39, 0.29) is 11.2 Å². The van der Waals surface area contributed by atoms with Gasteiger partial charge >= 0.3 is 0 Å². The predicted molar refractivity (Wildman–Crippen MR) is 108 cm³/mol. The van der Waals surface area contributed by atoms with Crippen LogP contribution in [0.15, 0.2) is 30.3 Å². The first-order chi connectivity index (χ1) is 12.5. The molecular weight excluding hydrogens is 338 g/mol. The van der Waals surface area contributed by atoms with Gasteiger partial charge in [0.25, 0.3) is 0 Å². The van der Waals surface area contributed by atoms with Crippen LogP contribution in [0.25, 0.3) is 21.3 Å². The van der Waals surface area contributed by atoms with E-state index >= 15 is 0 Å². The van der Waals surface area contributed by atoms with Crippen molar-refractivity contribution >= 4 is 27.3 Å².